The van der Waals surface area contributed by atoms with E-state index in [-0.39, 0.29) is 10.8 Å². The molecule has 0 heterocycles. The quantitative estimate of drug-likeness (QED) is 0.109. The van der Waals surface area contributed by atoms with Crippen molar-refractivity contribution >= 4 is 0 Å². The third-order valence-corrected chi connectivity index (χ3v) is 4.77. The highest BCUT2D eigenvalue weighted by atomic mass is 19.2. The number of hydrogen-bond donors (Lipinski definition) is 0. The van der Waals surface area contributed by atoms with Crippen molar-refractivity contribution in [3.63, 3.8) is 0 Å². The molecule has 0 saturated carbocycles. The molecule has 52 heavy (non-hydrogen) atoms. The van der Waals surface area contributed by atoms with Crippen LogP contribution < -0.4 is 0 Å². The minimum absolute atomic E-state index is 0.0872. The van der Waals surface area contributed by atoms with Gasteiger partial charge in [0, 0.05) is 21.7 Å². The first-order chi connectivity index (χ1) is 22.8. The van der Waals surface area contributed by atoms with Crippen LogP contribution in [0.2, 0.25) is 0 Å². The van der Waals surface area contributed by atoms with E-state index >= 15 is 0 Å². The van der Waals surface area contributed by atoms with Crippen molar-refractivity contribution in [1.29, 1.82) is 0 Å². The molecule has 302 valence electrons. The molecular formula is C46H76F6. The Morgan fingerprint density at radius 3 is 0.865 bits per heavy atom. The van der Waals surface area contributed by atoms with Crippen LogP contribution in [0.4, 0.5) is 26.3 Å². The molecule has 0 unspecified atom stereocenters. The van der Waals surface area contributed by atoms with Crippen molar-refractivity contribution in [2.45, 2.75) is 166 Å². The Labute approximate surface area is 319 Å². The maximum Gasteiger partial charge on any atom is 0.193 e. The van der Waals surface area contributed by atoms with E-state index in [1.165, 1.54) is 20.8 Å². The monoisotopic (exact) mass is 743 g/mol. The van der Waals surface area contributed by atoms with E-state index in [2.05, 4.69) is 143 Å². The van der Waals surface area contributed by atoms with E-state index in [9.17, 15) is 26.3 Å². The second kappa shape index (κ2) is 28.5. The van der Waals surface area contributed by atoms with Gasteiger partial charge in [0.1, 0.15) is 23.3 Å². The van der Waals surface area contributed by atoms with Crippen LogP contribution in [0.3, 0.4) is 0 Å². The van der Waals surface area contributed by atoms with Crippen LogP contribution in [-0.2, 0) is 0 Å². The molecule has 0 N–H and O–H groups in total. The van der Waals surface area contributed by atoms with Gasteiger partial charge in [0.2, 0.25) is 0 Å². The summed E-state index contributed by atoms with van der Waals surface area (Å²) in [5.41, 5.74) is -0.822. The molecule has 0 radical (unpaired) electrons. The summed E-state index contributed by atoms with van der Waals surface area (Å²) in [5, 5.41) is 0. The van der Waals surface area contributed by atoms with E-state index in [0.29, 0.717) is 10.8 Å². The van der Waals surface area contributed by atoms with Gasteiger partial charge >= 0.3 is 0 Å². The smallest absolute Gasteiger partial charge is 0.193 e. The fourth-order valence-electron chi connectivity index (χ4n) is 2.75. The van der Waals surface area contributed by atoms with E-state index in [0.717, 1.165) is 13.8 Å². The van der Waals surface area contributed by atoms with Crippen molar-refractivity contribution in [3.05, 3.63) is 59.3 Å². The van der Waals surface area contributed by atoms with Crippen LogP contribution in [0.25, 0.3) is 0 Å². The number of halogens is 6. The molecule has 0 bridgehead atoms. The fraction of sp³-hybridized carbons (Fsp3) is 0.652. The summed E-state index contributed by atoms with van der Waals surface area (Å²) in [6, 6.07) is 0. The first-order valence-electron chi connectivity index (χ1n) is 17.5. The summed E-state index contributed by atoms with van der Waals surface area (Å²) in [4.78, 5) is 0. The lowest BCUT2D eigenvalue weighted by Gasteiger charge is -2.15. The van der Waals surface area contributed by atoms with E-state index in [4.69, 9.17) is 0 Å². The highest BCUT2D eigenvalue weighted by Crippen LogP contribution is 2.34. The molecule has 0 saturated heterocycles. The Bertz CT molecular complexity index is 1290. The normalized spacial score (nSPS) is 13.1. The number of rotatable bonds is 1. The van der Waals surface area contributed by atoms with E-state index < -0.39 is 45.8 Å². The maximum absolute atomic E-state index is 13.0. The molecule has 0 fully saturated rings. The van der Waals surface area contributed by atoms with Crippen LogP contribution >= 0.6 is 0 Å². The zero-order valence-electron chi connectivity index (χ0n) is 37.6. The second-order valence-corrected chi connectivity index (χ2v) is 18.1. The Morgan fingerprint density at radius 1 is 0.423 bits per heavy atom. The summed E-state index contributed by atoms with van der Waals surface area (Å²) in [7, 11) is 0. The summed E-state index contributed by atoms with van der Waals surface area (Å²) in [6.45, 7) is 44.2. The van der Waals surface area contributed by atoms with Gasteiger partial charge in [-0.1, -0.05) is 125 Å². The topological polar surface area (TPSA) is 0 Å². The Morgan fingerprint density at radius 2 is 0.750 bits per heavy atom. The summed E-state index contributed by atoms with van der Waals surface area (Å²) in [5.74, 6) is 9.50. The first kappa shape index (κ1) is 61.0. The van der Waals surface area contributed by atoms with Gasteiger partial charge in [0.25, 0.3) is 0 Å². The molecule has 0 aromatic rings. The van der Waals surface area contributed by atoms with Gasteiger partial charge in [-0.2, -0.15) is 0 Å². The summed E-state index contributed by atoms with van der Waals surface area (Å²) in [6.07, 6.45) is 8.54. The molecular weight excluding hydrogens is 666 g/mol. The van der Waals surface area contributed by atoms with Gasteiger partial charge in [-0.05, 0) is 106 Å². The molecule has 0 aromatic heterocycles. The molecule has 0 atom stereocenters. The van der Waals surface area contributed by atoms with Crippen molar-refractivity contribution in [2.75, 3.05) is 0 Å². The lowest BCUT2D eigenvalue weighted by molar-refractivity contribution is 0.346. The lowest BCUT2D eigenvalue weighted by atomic mass is 9.94. The van der Waals surface area contributed by atoms with Gasteiger partial charge in [0.15, 0.2) is 11.7 Å². The predicted octanol–water partition coefficient (Wildman–Crippen LogP) is 16.9. The molecule has 0 spiro atoms. The molecule has 0 nitrogen and oxygen atoms in total. The SMILES string of the molecule is C/C(F)=C(F)/C(F)=C(\F)C(C)(C)C.C/C(F)=C(\F)C(C)(C)C.C/C=C/C(C)(C)C.C/C=C/C(C)(C)C.CC#CC#CC(C)(C)C.CC#CC(C)(C)C. The van der Waals surface area contributed by atoms with Crippen molar-refractivity contribution < 1.29 is 26.3 Å². The van der Waals surface area contributed by atoms with Crippen LogP contribution in [0, 0.1) is 68.0 Å². The standard InChI is InChI=1S/C9H12F4.C9H12.C7H12F2.2C7H14.C7H12/c1-5(10)6(11)7(12)8(13)9(2,3)4;1-5-6-7-8-9(2,3)4;1-5(8)6(9)7(2,3)4;3*1-5-6-7(2,3)4/h1-4H3;2*1-4H3;2*5-6H,1-4H3;1-4H3/b6-5+,8-7+;;3*6-5+;. The third-order valence-electron chi connectivity index (χ3n) is 4.77. The fourth-order valence-corrected chi connectivity index (χ4v) is 2.75. The highest BCUT2D eigenvalue weighted by molar-refractivity contribution is 5.27. The molecule has 0 aromatic carbocycles. The Balaban J connectivity index is -0.000000124. The average molecular weight is 743 g/mol. The van der Waals surface area contributed by atoms with Gasteiger partial charge in [-0.25, -0.2) is 26.3 Å². The number of hydrogen-bond acceptors (Lipinski definition) is 0. The lowest BCUT2D eigenvalue weighted by Crippen LogP contribution is -2.07. The van der Waals surface area contributed by atoms with Crippen LogP contribution in [0.15, 0.2) is 59.3 Å². The average Bonchev–Trinajstić information content (AvgIpc) is 2.89. The van der Waals surface area contributed by atoms with Crippen LogP contribution in [0.1, 0.15) is 166 Å². The van der Waals surface area contributed by atoms with Crippen LogP contribution in [-0.4, -0.2) is 0 Å². The highest BCUT2D eigenvalue weighted by Gasteiger charge is 2.25. The van der Waals surface area contributed by atoms with Crippen molar-refractivity contribution in [3.8, 4) is 35.5 Å². The number of allylic oxidation sites excluding steroid dienone is 10. The van der Waals surface area contributed by atoms with E-state index in [1.807, 2.05) is 20.8 Å². The Hall–Kier alpha value is -3.04. The zero-order valence-corrected chi connectivity index (χ0v) is 37.6. The first-order valence-corrected chi connectivity index (χ1v) is 17.5. The molecule has 6 heteroatoms. The second-order valence-electron chi connectivity index (χ2n) is 18.1. The van der Waals surface area contributed by atoms with Gasteiger partial charge in [0.05, 0.1) is 0 Å². The van der Waals surface area contributed by atoms with Crippen LogP contribution in [0.5, 0.6) is 0 Å². The molecule has 0 amide bonds. The maximum atomic E-state index is 13.0. The molecule has 0 aliphatic rings. The minimum Gasteiger partial charge on any atom is -0.209 e. The molecule has 0 rings (SSSR count). The third kappa shape index (κ3) is 53.7. The van der Waals surface area contributed by atoms with E-state index in [1.54, 1.807) is 27.7 Å². The van der Waals surface area contributed by atoms with Gasteiger partial charge in [-0.15, -0.1) is 5.92 Å². The zero-order chi connectivity index (χ0) is 43.5. The minimum atomic E-state index is -1.77. The van der Waals surface area contributed by atoms with Gasteiger partial charge in [-0.3, -0.25) is 0 Å². The largest absolute Gasteiger partial charge is 0.209 e. The molecule has 0 aliphatic heterocycles. The predicted molar refractivity (Wildman–Crippen MR) is 220 cm³/mol. The van der Waals surface area contributed by atoms with Crippen molar-refractivity contribution in [1.82, 2.24) is 0 Å². The Kier molecular flexibility index (Phi) is 33.4. The summed E-state index contributed by atoms with van der Waals surface area (Å²) >= 11 is 0. The molecule has 0 aliphatic carbocycles. The van der Waals surface area contributed by atoms with Crippen molar-refractivity contribution in [2.24, 2.45) is 32.5 Å². The summed E-state index contributed by atoms with van der Waals surface area (Å²) < 4.78 is 75.1. The van der Waals surface area contributed by atoms with Gasteiger partial charge < -0.3 is 0 Å².